The van der Waals surface area contributed by atoms with Crippen molar-refractivity contribution in [3.05, 3.63) is 16.1 Å². The van der Waals surface area contributed by atoms with E-state index in [9.17, 15) is 4.79 Å². The van der Waals surface area contributed by atoms with E-state index >= 15 is 0 Å². The van der Waals surface area contributed by atoms with Crippen molar-refractivity contribution in [1.29, 1.82) is 0 Å². The molecule has 1 aromatic rings. The molecule has 0 saturated heterocycles. The number of carboxylic acid groups (broad SMARTS) is 1. The maximum Gasteiger partial charge on any atom is 0.303 e. The molecule has 0 radical (unpaired) electrons. The van der Waals surface area contributed by atoms with E-state index in [2.05, 4.69) is 20.9 Å². The first kappa shape index (κ1) is 11.2. The molecular formula is C9H13BrN2O2. The van der Waals surface area contributed by atoms with Gasteiger partial charge in [0.25, 0.3) is 0 Å². The zero-order chi connectivity index (χ0) is 10.7. The van der Waals surface area contributed by atoms with Gasteiger partial charge in [-0.1, -0.05) is 6.92 Å². The number of carbonyl (C=O) groups is 1. The summed E-state index contributed by atoms with van der Waals surface area (Å²) in [4.78, 5) is 14.7. The monoisotopic (exact) mass is 260 g/mol. The van der Waals surface area contributed by atoms with Crippen molar-refractivity contribution in [1.82, 2.24) is 9.55 Å². The number of nitrogens with zero attached hydrogens (tertiary/aromatic N) is 2. The molecule has 0 unspecified atom stereocenters. The van der Waals surface area contributed by atoms with Crippen LogP contribution in [0.1, 0.15) is 24.9 Å². The summed E-state index contributed by atoms with van der Waals surface area (Å²) in [6, 6.07) is 0. The van der Waals surface area contributed by atoms with E-state index in [1.165, 1.54) is 0 Å². The van der Waals surface area contributed by atoms with Gasteiger partial charge in [-0.3, -0.25) is 4.79 Å². The Morgan fingerprint density at radius 1 is 1.64 bits per heavy atom. The van der Waals surface area contributed by atoms with Crippen molar-refractivity contribution in [2.45, 2.75) is 26.2 Å². The summed E-state index contributed by atoms with van der Waals surface area (Å²) in [6.45, 7) is 2.04. The zero-order valence-corrected chi connectivity index (χ0v) is 9.84. The van der Waals surface area contributed by atoms with Crippen LogP contribution in [0.5, 0.6) is 0 Å². The van der Waals surface area contributed by atoms with Crippen LogP contribution in [0.25, 0.3) is 0 Å². The SMILES string of the molecule is CCc1c(Br)nc(CCC(=O)O)n1C. The molecule has 1 rings (SSSR count). The number of halogens is 1. The van der Waals surface area contributed by atoms with Gasteiger partial charge in [0, 0.05) is 13.5 Å². The Labute approximate surface area is 91.1 Å². The summed E-state index contributed by atoms with van der Waals surface area (Å²) < 4.78 is 2.77. The van der Waals surface area contributed by atoms with Crippen LogP contribution >= 0.6 is 15.9 Å². The predicted molar refractivity (Wildman–Crippen MR) is 56.2 cm³/mol. The number of hydrogen-bond acceptors (Lipinski definition) is 2. The van der Waals surface area contributed by atoms with E-state index in [0.29, 0.717) is 6.42 Å². The molecule has 0 bridgehead atoms. The van der Waals surface area contributed by atoms with E-state index in [1.807, 2.05) is 18.5 Å². The molecule has 0 fully saturated rings. The Kier molecular flexibility index (Phi) is 3.69. The van der Waals surface area contributed by atoms with Crippen LogP contribution in [0.15, 0.2) is 4.60 Å². The van der Waals surface area contributed by atoms with Gasteiger partial charge in [0.2, 0.25) is 0 Å². The van der Waals surface area contributed by atoms with Gasteiger partial charge >= 0.3 is 5.97 Å². The normalized spacial score (nSPS) is 10.5. The van der Waals surface area contributed by atoms with Crippen molar-refractivity contribution >= 4 is 21.9 Å². The lowest BCUT2D eigenvalue weighted by Gasteiger charge is -2.02. The zero-order valence-electron chi connectivity index (χ0n) is 8.25. The van der Waals surface area contributed by atoms with Gasteiger partial charge in [-0.25, -0.2) is 4.98 Å². The summed E-state index contributed by atoms with van der Waals surface area (Å²) in [6.07, 6.45) is 1.49. The summed E-state index contributed by atoms with van der Waals surface area (Å²) in [5.41, 5.74) is 1.10. The third kappa shape index (κ3) is 2.35. The second kappa shape index (κ2) is 4.59. The Morgan fingerprint density at radius 2 is 2.29 bits per heavy atom. The van der Waals surface area contributed by atoms with Gasteiger partial charge in [0.05, 0.1) is 12.1 Å². The Hall–Kier alpha value is -0.840. The molecule has 1 heterocycles. The number of rotatable bonds is 4. The summed E-state index contributed by atoms with van der Waals surface area (Å²) in [5, 5.41) is 8.55. The lowest BCUT2D eigenvalue weighted by molar-refractivity contribution is -0.137. The topological polar surface area (TPSA) is 55.1 Å². The molecule has 0 aliphatic rings. The molecule has 1 N–H and O–H groups in total. The molecule has 0 atom stereocenters. The maximum atomic E-state index is 10.4. The molecule has 14 heavy (non-hydrogen) atoms. The van der Waals surface area contributed by atoms with Crippen LogP contribution in [0.2, 0.25) is 0 Å². The minimum absolute atomic E-state index is 0.125. The van der Waals surface area contributed by atoms with Crippen LogP contribution in [0, 0.1) is 0 Å². The number of hydrogen-bond donors (Lipinski definition) is 1. The molecule has 0 aromatic carbocycles. The quantitative estimate of drug-likeness (QED) is 0.898. The molecule has 4 nitrogen and oxygen atoms in total. The molecule has 78 valence electrons. The molecule has 0 amide bonds. The minimum atomic E-state index is -0.790. The first-order chi connectivity index (χ1) is 6.56. The van der Waals surface area contributed by atoms with E-state index in [0.717, 1.165) is 22.5 Å². The third-order valence-electron chi connectivity index (χ3n) is 2.15. The van der Waals surface area contributed by atoms with E-state index in [1.54, 1.807) is 0 Å². The fraction of sp³-hybridized carbons (Fsp3) is 0.556. The van der Waals surface area contributed by atoms with E-state index in [4.69, 9.17) is 5.11 Å². The highest BCUT2D eigenvalue weighted by Crippen LogP contribution is 2.18. The lowest BCUT2D eigenvalue weighted by atomic mass is 10.3. The first-order valence-electron chi connectivity index (χ1n) is 4.48. The number of aromatic nitrogens is 2. The van der Waals surface area contributed by atoms with E-state index < -0.39 is 5.97 Å². The maximum absolute atomic E-state index is 10.4. The second-order valence-electron chi connectivity index (χ2n) is 3.07. The van der Waals surface area contributed by atoms with Crippen LogP contribution in [0.3, 0.4) is 0 Å². The standard InChI is InChI=1S/C9H13BrN2O2/c1-3-6-9(10)11-7(12(6)2)4-5-8(13)14/h3-5H2,1-2H3,(H,13,14). The highest BCUT2D eigenvalue weighted by molar-refractivity contribution is 9.10. The molecule has 1 aromatic heterocycles. The molecule has 0 saturated carbocycles. The largest absolute Gasteiger partial charge is 0.481 e. The second-order valence-corrected chi connectivity index (χ2v) is 3.82. The van der Waals surface area contributed by atoms with Gasteiger partial charge in [-0.15, -0.1) is 0 Å². The van der Waals surface area contributed by atoms with Crippen LogP contribution in [0.4, 0.5) is 0 Å². The van der Waals surface area contributed by atoms with Crippen molar-refractivity contribution in [2.75, 3.05) is 0 Å². The van der Waals surface area contributed by atoms with Crippen molar-refractivity contribution in [3.63, 3.8) is 0 Å². The fourth-order valence-electron chi connectivity index (χ4n) is 1.37. The smallest absolute Gasteiger partial charge is 0.303 e. The Morgan fingerprint density at radius 3 is 2.71 bits per heavy atom. The number of imidazole rings is 1. The number of aryl methyl sites for hydroxylation is 1. The van der Waals surface area contributed by atoms with Crippen LogP contribution < -0.4 is 0 Å². The van der Waals surface area contributed by atoms with E-state index in [-0.39, 0.29) is 6.42 Å². The summed E-state index contributed by atoms with van der Waals surface area (Å²) in [5.74, 6) is 0.0262. The van der Waals surface area contributed by atoms with Gasteiger partial charge in [0.15, 0.2) is 0 Å². The van der Waals surface area contributed by atoms with Crippen molar-refractivity contribution in [3.8, 4) is 0 Å². The molecule has 0 aliphatic heterocycles. The van der Waals surface area contributed by atoms with Crippen LogP contribution in [-0.2, 0) is 24.7 Å². The highest BCUT2D eigenvalue weighted by Gasteiger charge is 2.11. The summed E-state index contributed by atoms with van der Waals surface area (Å²) >= 11 is 3.36. The predicted octanol–water partition coefficient (Wildman–Crippen LogP) is 1.76. The Bertz CT molecular complexity index is 347. The average molecular weight is 261 g/mol. The van der Waals surface area contributed by atoms with Crippen LogP contribution in [-0.4, -0.2) is 20.6 Å². The average Bonchev–Trinajstić information content (AvgIpc) is 2.38. The number of aliphatic carboxylic acids is 1. The number of carboxylic acids is 1. The lowest BCUT2D eigenvalue weighted by Crippen LogP contribution is -2.04. The van der Waals surface area contributed by atoms with Gasteiger partial charge in [-0.2, -0.15) is 0 Å². The Balaban J connectivity index is 2.83. The van der Waals surface area contributed by atoms with Gasteiger partial charge in [0.1, 0.15) is 10.4 Å². The van der Waals surface area contributed by atoms with Gasteiger partial charge < -0.3 is 9.67 Å². The molecule has 0 spiro atoms. The first-order valence-corrected chi connectivity index (χ1v) is 5.27. The molecular weight excluding hydrogens is 248 g/mol. The van der Waals surface area contributed by atoms with Gasteiger partial charge in [-0.05, 0) is 22.4 Å². The van der Waals surface area contributed by atoms with Crippen molar-refractivity contribution < 1.29 is 9.90 Å². The summed E-state index contributed by atoms with van der Waals surface area (Å²) in [7, 11) is 1.91. The van der Waals surface area contributed by atoms with Crippen molar-refractivity contribution in [2.24, 2.45) is 7.05 Å². The highest BCUT2D eigenvalue weighted by atomic mass is 79.9. The fourth-order valence-corrected chi connectivity index (χ4v) is 2.12. The molecule has 0 aliphatic carbocycles. The third-order valence-corrected chi connectivity index (χ3v) is 2.79. The molecule has 5 heteroatoms. The minimum Gasteiger partial charge on any atom is -0.481 e.